The Balaban J connectivity index is 1.36. The van der Waals surface area contributed by atoms with E-state index in [9.17, 15) is 5.11 Å². The van der Waals surface area contributed by atoms with E-state index in [4.69, 9.17) is 10.7 Å². The highest BCUT2D eigenvalue weighted by atomic mass is 16.3. The van der Waals surface area contributed by atoms with Gasteiger partial charge in [0.2, 0.25) is 5.82 Å². The Morgan fingerprint density at radius 3 is 2.84 bits per heavy atom. The van der Waals surface area contributed by atoms with Crippen molar-refractivity contribution in [3.8, 4) is 28.8 Å². The second-order valence-corrected chi connectivity index (χ2v) is 9.07. The van der Waals surface area contributed by atoms with Gasteiger partial charge in [0.05, 0.1) is 24.3 Å². The molecule has 1 aromatic carbocycles. The third-order valence-electron chi connectivity index (χ3n) is 6.52. The van der Waals surface area contributed by atoms with Crippen molar-refractivity contribution in [1.29, 1.82) is 0 Å². The quantitative estimate of drug-likeness (QED) is 0.412. The fraction of sp³-hybridized carbons (Fsp3) is 0.296. The van der Waals surface area contributed by atoms with Gasteiger partial charge in [0, 0.05) is 55.4 Å². The molecule has 10 heteroatoms. The molecule has 1 atom stereocenters. The molecule has 0 aliphatic carbocycles. The highest BCUT2D eigenvalue weighted by Gasteiger charge is 2.25. The van der Waals surface area contributed by atoms with E-state index in [1.54, 1.807) is 24.7 Å². The van der Waals surface area contributed by atoms with Crippen LogP contribution in [0.3, 0.4) is 0 Å². The summed E-state index contributed by atoms with van der Waals surface area (Å²) in [5, 5.41) is 18.7. The topological polar surface area (TPSA) is 122 Å². The molecule has 0 saturated carbocycles. The van der Waals surface area contributed by atoms with Gasteiger partial charge in [-0.05, 0) is 44.4 Å². The molecule has 3 aromatic heterocycles. The van der Waals surface area contributed by atoms with E-state index in [1.807, 2.05) is 42.1 Å². The number of aromatic hydroxyl groups is 1. The summed E-state index contributed by atoms with van der Waals surface area (Å²) in [6.07, 6.45) is 8.07. The lowest BCUT2D eigenvalue weighted by molar-refractivity contribution is 0.477. The van der Waals surface area contributed by atoms with Gasteiger partial charge in [-0.3, -0.25) is 0 Å². The van der Waals surface area contributed by atoms with Gasteiger partial charge < -0.3 is 25.2 Å². The molecule has 4 aromatic rings. The first-order valence-corrected chi connectivity index (χ1v) is 12.2. The fourth-order valence-electron chi connectivity index (χ4n) is 4.46. The van der Waals surface area contributed by atoms with Crippen molar-refractivity contribution in [2.45, 2.75) is 32.9 Å². The molecule has 1 fully saturated rings. The molecule has 0 radical (unpaired) electrons. The van der Waals surface area contributed by atoms with Crippen LogP contribution in [0.25, 0.3) is 11.3 Å². The number of hydrogen-bond donors (Lipinski definition) is 2. The van der Waals surface area contributed by atoms with Crippen LogP contribution in [0.15, 0.2) is 55.2 Å². The van der Waals surface area contributed by atoms with Crippen molar-refractivity contribution in [2.24, 2.45) is 0 Å². The standard InChI is InChI=1S/C27H29N9O/c1-19-17-30-25(8-5-11-34-13-10-29-18-34)31-27(19)36-15-14-35(12-9-20(36)2)23-16-22(32-33-26(23)28)21-6-3-4-7-24(21)37/h3-4,6-7,10,13,16-18,20,37H,9,11-12,14-15H2,1-2H3,(H2,28,33)/t20-/m0/s1. The second-order valence-electron chi connectivity index (χ2n) is 9.07. The molecule has 3 N–H and O–H groups in total. The lowest BCUT2D eigenvalue weighted by atomic mass is 10.1. The molecule has 37 heavy (non-hydrogen) atoms. The number of rotatable bonds is 4. The number of nitrogens with two attached hydrogens (primary N) is 1. The van der Waals surface area contributed by atoms with Crippen molar-refractivity contribution in [3.05, 3.63) is 66.6 Å². The highest BCUT2D eigenvalue weighted by Crippen LogP contribution is 2.32. The molecule has 0 spiro atoms. The number of anilines is 3. The molecule has 1 aliphatic rings. The van der Waals surface area contributed by atoms with Crippen LogP contribution in [-0.4, -0.2) is 60.5 Å². The van der Waals surface area contributed by atoms with Crippen LogP contribution in [-0.2, 0) is 6.54 Å². The first-order chi connectivity index (χ1) is 18.0. The van der Waals surface area contributed by atoms with Gasteiger partial charge in [-0.1, -0.05) is 18.1 Å². The summed E-state index contributed by atoms with van der Waals surface area (Å²) in [6, 6.07) is 9.25. The van der Waals surface area contributed by atoms with Crippen LogP contribution in [0, 0.1) is 18.8 Å². The van der Waals surface area contributed by atoms with E-state index in [2.05, 4.69) is 48.7 Å². The molecule has 0 bridgehead atoms. The Kier molecular flexibility index (Phi) is 6.85. The minimum absolute atomic E-state index is 0.159. The fourth-order valence-corrected chi connectivity index (χ4v) is 4.46. The highest BCUT2D eigenvalue weighted by molar-refractivity contribution is 5.74. The molecule has 188 valence electrons. The third-order valence-corrected chi connectivity index (χ3v) is 6.52. The average Bonchev–Trinajstić information content (AvgIpc) is 3.34. The van der Waals surface area contributed by atoms with Crippen molar-refractivity contribution >= 4 is 17.3 Å². The Labute approximate surface area is 215 Å². The molecule has 5 rings (SSSR count). The maximum atomic E-state index is 10.3. The van der Waals surface area contributed by atoms with Crippen molar-refractivity contribution < 1.29 is 5.11 Å². The SMILES string of the molecule is Cc1cnc(C#CCn2ccnc2)nc1N1CCN(c2cc(-c3ccccc3O)nnc2N)CC[C@@H]1C. The van der Waals surface area contributed by atoms with Crippen LogP contribution in [0.5, 0.6) is 5.75 Å². The monoisotopic (exact) mass is 495 g/mol. The lowest BCUT2D eigenvalue weighted by Gasteiger charge is -2.29. The summed E-state index contributed by atoms with van der Waals surface area (Å²) in [5.74, 6) is 8.12. The number of imidazole rings is 1. The molecule has 10 nitrogen and oxygen atoms in total. The summed E-state index contributed by atoms with van der Waals surface area (Å²) in [6.45, 7) is 7.04. The third kappa shape index (κ3) is 5.30. The maximum absolute atomic E-state index is 10.3. The zero-order chi connectivity index (χ0) is 25.8. The maximum Gasteiger partial charge on any atom is 0.206 e. The van der Waals surface area contributed by atoms with Gasteiger partial charge in [0.15, 0.2) is 5.82 Å². The van der Waals surface area contributed by atoms with Crippen molar-refractivity contribution in [2.75, 3.05) is 35.2 Å². The largest absolute Gasteiger partial charge is 0.507 e. The second kappa shape index (κ2) is 10.5. The van der Waals surface area contributed by atoms with Gasteiger partial charge in [0.25, 0.3) is 0 Å². The van der Waals surface area contributed by atoms with Crippen LogP contribution >= 0.6 is 0 Å². The van der Waals surface area contributed by atoms with Crippen LogP contribution < -0.4 is 15.5 Å². The number of phenols is 1. The van der Waals surface area contributed by atoms with E-state index < -0.39 is 0 Å². The Morgan fingerprint density at radius 1 is 1.16 bits per heavy atom. The number of aromatic nitrogens is 6. The average molecular weight is 496 g/mol. The Morgan fingerprint density at radius 2 is 2.03 bits per heavy atom. The summed E-state index contributed by atoms with van der Waals surface area (Å²) in [4.78, 5) is 17.8. The van der Waals surface area contributed by atoms with Crippen LogP contribution in [0.2, 0.25) is 0 Å². The van der Waals surface area contributed by atoms with E-state index in [0.717, 1.165) is 43.1 Å². The molecular weight excluding hydrogens is 466 g/mol. The molecule has 0 amide bonds. The number of nitrogen functional groups attached to an aromatic ring is 1. The Hall–Kier alpha value is -4.65. The molecule has 1 saturated heterocycles. The summed E-state index contributed by atoms with van der Waals surface area (Å²) >= 11 is 0. The van der Waals surface area contributed by atoms with Gasteiger partial charge in [-0.25, -0.2) is 15.0 Å². The van der Waals surface area contributed by atoms with Gasteiger partial charge in [-0.15, -0.1) is 10.2 Å². The first kappa shape index (κ1) is 24.1. The zero-order valence-corrected chi connectivity index (χ0v) is 20.9. The van der Waals surface area contributed by atoms with Crippen LogP contribution in [0.1, 0.15) is 24.7 Å². The van der Waals surface area contributed by atoms with Gasteiger partial charge in [-0.2, -0.15) is 0 Å². The number of phenolic OH excluding ortho intramolecular Hbond substituents is 1. The predicted molar refractivity (Wildman–Crippen MR) is 143 cm³/mol. The smallest absolute Gasteiger partial charge is 0.206 e. The predicted octanol–water partition coefficient (Wildman–Crippen LogP) is 2.88. The van der Waals surface area contributed by atoms with Crippen molar-refractivity contribution in [3.63, 3.8) is 0 Å². The minimum atomic E-state index is 0.159. The number of para-hydroxylation sites is 1. The van der Waals surface area contributed by atoms with E-state index in [0.29, 0.717) is 29.4 Å². The number of nitrogens with zero attached hydrogens (tertiary/aromatic N) is 8. The molecule has 1 aliphatic heterocycles. The zero-order valence-electron chi connectivity index (χ0n) is 20.9. The van der Waals surface area contributed by atoms with Gasteiger partial charge in [0.1, 0.15) is 11.6 Å². The van der Waals surface area contributed by atoms with E-state index in [-0.39, 0.29) is 11.8 Å². The molecule has 0 unspecified atom stereocenters. The molecule has 4 heterocycles. The van der Waals surface area contributed by atoms with E-state index in [1.165, 1.54) is 0 Å². The van der Waals surface area contributed by atoms with E-state index >= 15 is 0 Å². The van der Waals surface area contributed by atoms with Gasteiger partial charge >= 0.3 is 0 Å². The molecular formula is C27H29N9O. The van der Waals surface area contributed by atoms with Crippen molar-refractivity contribution in [1.82, 2.24) is 29.7 Å². The minimum Gasteiger partial charge on any atom is -0.507 e. The Bertz CT molecular complexity index is 1440. The summed E-state index contributed by atoms with van der Waals surface area (Å²) in [7, 11) is 0. The first-order valence-electron chi connectivity index (χ1n) is 12.2. The van der Waals surface area contributed by atoms with Crippen LogP contribution in [0.4, 0.5) is 17.3 Å². The number of aryl methyl sites for hydroxylation is 1. The lowest BCUT2D eigenvalue weighted by Crippen LogP contribution is -2.36. The summed E-state index contributed by atoms with van der Waals surface area (Å²) in [5.41, 5.74) is 9.29. The summed E-state index contributed by atoms with van der Waals surface area (Å²) < 4.78 is 1.90. The number of hydrogen-bond acceptors (Lipinski definition) is 9. The normalized spacial score (nSPS) is 15.7. The number of benzene rings is 1.